The molecule has 100 valence electrons. The van der Waals surface area contributed by atoms with Gasteiger partial charge in [0.25, 0.3) is 0 Å². The van der Waals surface area contributed by atoms with Crippen LogP contribution in [0.1, 0.15) is 57.2 Å². The smallest absolute Gasteiger partial charge is 0.0326 e. The Kier molecular flexibility index (Phi) is 4.45. The summed E-state index contributed by atoms with van der Waals surface area (Å²) in [5.74, 6) is 2.33. The van der Waals surface area contributed by atoms with Crippen LogP contribution in [0.2, 0.25) is 0 Å². The lowest BCUT2D eigenvalue weighted by Crippen LogP contribution is -2.29. The molecule has 18 heavy (non-hydrogen) atoms. The molecule has 3 unspecified atom stereocenters. The Hall–Kier alpha value is -0.820. The van der Waals surface area contributed by atoms with E-state index in [1.54, 1.807) is 0 Å². The third kappa shape index (κ3) is 2.95. The number of rotatable bonds is 3. The van der Waals surface area contributed by atoms with E-state index in [0.29, 0.717) is 5.92 Å². The quantitative estimate of drug-likeness (QED) is 0.843. The standard InChI is InChI=1S/C17H27N/c1-4-14-7-5-6-8-16(14)17(18)15-10-12(2)9-13(3)11-15/h5-8,12-13,15,17H,4,9-11,18H2,1-3H3. The van der Waals surface area contributed by atoms with Crippen molar-refractivity contribution in [2.75, 3.05) is 0 Å². The predicted octanol–water partition coefficient (Wildman–Crippen LogP) is 4.32. The van der Waals surface area contributed by atoms with Crippen LogP contribution in [0.3, 0.4) is 0 Å². The maximum Gasteiger partial charge on any atom is 0.0326 e. The normalized spacial score (nSPS) is 30.1. The Morgan fingerprint density at radius 2 is 1.72 bits per heavy atom. The Morgan fingerprint density at radius 3 is 2.33 bits per heavy atom. The van der Waals surface area contributed by atoms with Crippen molar-refractivity contribution in [2.24, 2.45) is 23.5 Å². The molecule has 0 heterocycles. The van der Waals surface area contributed by atoms with Crippen molar-refractivity contribution in [2.45, 2.75) is 52.5 Å². The van der Waals surface area contributed by atoms with Gasteiger partial charge in [0.1, 0.15) is 0 Å². The van der Waals surface area contributed by atoms with Gasteiger partial charge in [0.05, 0.1) is 0 Å². The fraction of sp³-hybridized carbons (Fsp3) is 0.647. The van der Waals surface area contributed by atoms with Crippen LogP contribution in [0.15, 0.2) is 24.3 Å². The summed E-state index contributed by atoms with van der Waals surface area (Å²) in [5, 5.41) is 0. The van der Waals surface area contributed by atoms with Crippen LogP contribution >= 0.6 is 0 Å². The van der Waals surface area contributed by atoms with Crippen LogP contribution in [0.4, 0.5) is 0 Å². The van der Waals surface area contributed by atoms with E-state index >= 15 is 0 Å². The molecule has 1 aliphatic rings. The molecule has 2 N–H and O–H groups in total. The van der Waals surface area contributed by atoms with Crippen molar-refractivity contribution in [3.05, 3.63) is 35.4 Å². The molecule has 0 saturated heterocycles. The molecule has 1 aromatic rings. The zero-order valence-corrected chi connectivity index (χ0v) is 12.0. The van der Waals surface area contributed by atoms with E-state index in [1.165, 1.54) is 30.4 Å². The lowest BCUT2D eigenvalue weighted by atomic mass is 9.72. The topological polar surface area (TPSA) is 26.0 Å². The SMILES string of the molecule is CCc1ccccc1C(N)C1CC(C)CC(C)C1. The van der Waals surface area contributed by atoms with Gasteiger partial charge in [-0.1, -0.05) is 45.0 Å². The Morgan fingerprint density at radius 1 is 1.11 bits per heavy atom. The number of hydrogen-bond donors (Lipinski definition) is 1. The molecule has 0 radical (unpaired) electrons. The molecule has 0 bridgehead atoms. The maximum atomic E-state index is 6.57. The van der Waals surface area contributed by atoms with Gasteiger partial charge in [-0.25, -0.2) is 0 Å². The van der Waals surface area contributed by atoms with Crippen LogP contribution in [0.25, 0.3) is 0 Å². The average molecular weight is 245 g/mol. The second-order valence-corrected chi connectivity index (χ2v) is 6.26. The first-order valence-electron chi connectivity index (χ1n) is 7.45. The second-order valence-electron chi connectivity index (χ2n) is 6.26. The summed E-state index contributed by atoms with van der Waals surface area (Å²) in [6, 6.07) is 8.94. The van der Waals surface area contributed by atoms with E-state index in [1.807, 2.05) is 0 Å². The molecule has 1 aliphatic carbocycles. The van der Waals surface area contributed by atoms with Crippen molar-refractivity contribution in [1.82, 2.24) is 0 Å². The van der Waals surface area contributed by atoms with Crippen LogP contribution in [-0.2, 0) is 6.42 Å². The van der Waals surface area contributed by atoms with E-state index in [9.17, 15) is 0 Å². The molecule has 1 nitrogen and oxygen atoms in total. The lowest BCUT2D eigenvalue weighted by molar-refractivity contribution is 0.193. The van der Waals surface area contributed by atoms with Crippen LogP contribution in [0, 0.1) is 17.8 Å². The summed E-state index contributed by atoms with van der Waals surface area (Å²) in [5.41, 5.74) is 9.38. The molecule has 1 fully saturated rings. The van der Waals surface area contributed by atoms with Crippen molar-refractivity contribution in [3.8, 4) is 0 Å². The Balaban J connectivity index is 2.17. The zero-order chi connectivity index (χ0) is 13.1. The van der Waals surface area contributed by atoms with E-state index < -0.39 is 0 Å². The summed E-state index contributed by atoms with van der Waals surface area (Å²) >= 11 is 0. The summed E-state index contributed by atoms with van der Waals surface area (Å²) in [6.45, 7) is 6.97. The average Bonchev–Trinajstić information content (AvgIpc) is 2.36. The van der Waals surface area contributed by atoms with Crippen LogP contribution in [0.5, 0.6) is 0 Å². The van der Waals surface area contributed by atoms with Crippen molar-refractivity contribution >= 4 is 0 Å². The molecular weight excluding hydrogens is 218 g/mol. The number of nitrogens with two attached hydrogens (primary N) is 1. The van der Waals surface area contributed by atoms with Gasteiger partial charge in [-0.15, -0.1) is 0 Å². The third-order valence-electron chi connectivity index (χ3n) is 4.52. The molecule has 0 amide bonds. The summed E-state index contributed by atoms with van der Waals surface area (Å²) < 4.78 is 0. The van der Waals surface area contributed by atoms with Crippen molar-refractivity contribution in [3.63, 3.8) is 0 Å². The lowest BCUT2D eigenvalue weighted by Gasteiger charge is -2.35. The summed E-state index contributed by atoms with van der Waals surface area (Å²) in [6.07, 6.45) is 5.05. The first-order valence-corrected chi connectivity index (χ1v) is 7.45. The Bertz CT molecular complexity index is 375. The predicted molar refractivity (Wildman–Crippen MR) is 78.4 cm³/mol. The summed E-state index contributed by atoms with van der Waals surface area (Å²) in [7, 11) is 0. The highest BCUT2D eigenvalue weighted by molar-refractivity contribution is 5.30. The molecule has 3 atom stereocenters. The fourth-order valence-electron chi connectivity index (χ4n) is 3.74. The highest BCUT2D eigenvalue weighted by Gasteiger charge is 2.29. The highest BCUT2D eigenvalue weighted by atomic mass is 14.7. The molecular formula is C17H27N. The first-order chi connectivity index (χ1) is 8.61. The van der Waals surface area contributed by atoms with Gasteiger partial charge in [-0.3, -0.25) is 0 Å². The maximum absolute atomic E-state index is 6.57. The van der Waals surface area contributed by atoms with Crippen molar-refractivity contribution in [1.29, 1.82) is 0 Å². The molecule has 0 aliphatic heterocycles. The van der Waals surface area contributed by atoms with E-state index in [-0.39, 0.29) is 6.04 Å². The zero-order valence-electron chi connectivity index (χ0n) is 12.0. The molecule has 1 aromatic carbocycles. The third-order valence-corrected chi connectivity index (χ3v) is 4.52. The minimum Gasteiger partial charge on any atom is -0.324 e. The minimum absolute atomic E-state index is 0.228. The molecule has 2 rings (SSSR count). The molecule has 0 spiro atoms. The van der Waals surface area contributed by atoms with Gasteiger partial charge < -0.3 is 5.73 Å². The van der Waals surface area contributed by atoms with Gasteiger partial charge in [-0.05, 0) is 54.6 Å². The summed E-state index contributed by atoms with van der Waals surface area (Å²) in [4.78, 5) is 0. The van der Waals surface area contributed by atoms with Gasteiger partial charge in [0, 0.05) is 6.04 Å². The van der Waals surface area contributed by atoms with Gasteiger partial charge in [0.15, 0.2) is 0 Å². The second kappa shape index (κ2) is 5.88. The minimum atomic E-state index is 0.228. The number of hydrogen-bond acceptors (Lipinski definition) is 1. The van der Waals surface area contributed by atoms with E-state index in [2.05, 4.69) is 45.0 Å². The molecule has 0 aromatic heterocycles. The van der Waals surface area contributed by atoms with Crippen molar-refractivity contribution < 1.29 is 0 Å². The van der Waals surface area contributed by atoms with Gasteiger partial charge in [-0.2, -0.15) is 0 Å². The first kappa shape index (κ1) is 13.6. The van der Waals surface area contributed by atoms with Crippen LogP contribution in [-0.4, -0.2) is 0 Å². The monoisotopic (exact) mass is 245 g/mol. The fourth-order valence-corrected chi connectivity index (χ4v) is 3.74. The highest BCUT2D eigenvalue weighted by Crippen LogP contribution is 2.39. The van der Waals surface area contributed by atoms with E-state index in [4.69, 9.17) is 5.73 Å². The number of aryl methyl sites for hydroxylation is 1. The largest absolute Gasteiger partial charge is 0.324 e. The molecule has 1 saturated carbocycles. The van der Waals surface area contributed by atoms with Gasteiger partial charge >= 0.3 is 0 Å². The van der Waals surface area contributed by atoms with E-state index in [0.717, 1.165) is 18.3 Å². The molecule has 1 heteroatoms. The Labute approximate surface area is 112 Å². The number of benzene rings is 1. The van der Waals surface area contributed by atoms with Crippen LogP contribution < -0.4 is 5.73 Å². The van der Waals surface area contributed by atoms with Gasteiger partial charge in [0.2, 0.25) is 0 Å².